The summed E-state index contributed by atoms with van der Waals surface area (Å²) in [4.78, 5) is 2.11. The summed E-state index contributed by atoms with van der Waals surface area (Å²) in [6.45, 7) is 3.09. The van der Waals surface area contributed by atoms with E-state index in [0.29, 0.717) is 13.1 Å². The van der Waals surface area contributed by atoms with Gasteiger partial charge in [-0.15, -0.1) is 0 Å². The standard InChI is InChI=1S/C18H25NO3/c1-18(12-20,13-21)11-19(2)10-16-15-7-5-4-6-14(15)8-9-17(16)22-3/h4-9,20-21H,10-13H2,1-3H3. The predicted octanol–water partition coefficient (Wildman–Crippen LogP) is 2.27. The van der Waals surface area contributed by atoms with Crippen LogP contribution < -0.4 is 4.74 Å². The quantitative estimate of drug-likeness (QED) is 0.824. The maximum Gasteiger partial charge on any atom is 0.123 e. The lowest BCUT2D eigenvalue weighted by Crippen LogP contribution is -2.38. The van der Waals surface area contributed by atoms with Gasteiger partial charge in [0.25, 0.3) is 0 Å². The fraction of sp³-hybridized carbons (Fsp3) is 0.444. The summed E-state index contributed by atoms with van der Waals surface area (Å²) >= 11 is 0. The van der Waals surface area contributed by atoms with E-state index in [4.69, 9.17) is 4.74 Å². The second-order valence-electron chi connectivity index (χ2n) is 6.27. The van der Waals surface area contributed by atoms with Crippen molar-refractivity contribution in [2.75, 3.05) is 33.9 Å². The number of rotatable bonds is 7. The molecule has 120 valence electrons. The fourth-order valence-corrected chi connectivity index (χ4v) is 2.80. The van der Waals surface area contributed by atoms with Crippen LogP contribution in [0.25, 0.3) is 10.8 Å². The zero-order chi connectivity index (χ0) is 16.2. The molecule has 0 aromatic heterocycles. The van der Waals surface area contributed by atoms with Gasteiger partial charge in [0.05, 0.1) is 20.3 Å². The molecule has 0 radical (unpaired) electrons. The largest absolute Gasteiger partial charge is 0.496 e. The minimum absolute atomic E-state index is 0.0412. The molecule has 0 fully saturated rings. The first kappa shape index (κ1) is 16.7. The first-order chi connectivity index (χ1) is 10.5. The molecule has 0 spiro atoms. The number of fused-ring (bicyclic) bond motifs is 1. The van der Waals surface area contributed by atoms with Gasteiger partial charge in [0.15, 0.2) is 0 Å². The summed E-state index contributed by atoms with van der Waals surface area (Å²) in [6, 6.07) is 12.3. The predicted molar refractivity (Wildman–Crippen MR) is 89.1 cm³/mol. The molecule has 2 aromatic rings. The summed E-state index contributed by atoms with van der Waals surface area (Å²) in [6.07, 6.45) is 0. The minimum atomic E-state index is -0.507. The van der Waals surface area contributed by atoms with Gasteiger partial charge in [-0.1, -0.05) is 37.3 Å². The van der Waals surface area contributed by atoms with E-state index in [1.54, 1.807) is 7.11 Å². The number of aliphatic hydroxyl groups excluding tert-OH is 2. The first-order valence-electron chi connectivity index (χ1n) is 7.48. The van der Waals surface area contributed by atoms with E-state index in [1.165, 1.54) is 10.8 Å². The van der Waals surface area contributed by atoms with Crippen LogP contribution in [0.1, 0.15) is 12.5 Å². The Balaban J connectivity index is 2.30. The van der Waals surface area contributed by atoms with Gasteiger partial charge in [-0.2, -0.15) is 0 Å². The number of nitrogens with zero attached hydrogens (tertiary/aromatic N) is 1. The zero-order valence-corrected chi connectivity index (χ0v) is 13.5. The first-order valence-corrected chi connectivity index (χ1v) is 7.48. The summed E-state index contributed by atoms with van der Waals surface area (Å²) in [5, 5.41) is 21.3. The van der Waals surface area contributed by atoms with Crippen molar-refractivity contribution in [2.24, 2.45) is 5.41 Å². The van der Waals surface area contributed by atoms with Crippen LogP contribution in [0.5, 0.6) is 5.75 Å². The molecule has 0 saturated carbocycles. The SMILES string of the molecule is COc1ccc2ccccc2c1CN(C)CC(C)(CO)CO. The van der Waals surface area contributed by atoms with Crippen LogP contribution in [0.15, 0.2) is 36.4 Å². The van der Waals surface area contributed by atoms with Gasteiger partial charge in [0, 0.05) is 24.1 Å². The molecule has 0 atom stereocenters. The molecule has 0 heterocycles. The Morgan fingerprint density at radius 1 is 1.09 bits per heavy atom. The van der Waals surface area contributed by atoms with E-state index in [1.807, 2.05) is 32.2 Å². The molecule has 0 bridgehead atoms. The van der Waals surface area contributed by atoms with Crippen molar-refractivity contribution < 1.29 is 14.9 Å². The summed E-state index contributed by atoms with van der Waals surface area (Å²) in [7, 11) is 3.67. The third-order valence-electron chi connectivity index (χ3n) is 4.06. The third kappa shape index (κ3) is 3.58. The Hall–Kier alpha value is -1.62. The number of methoxy groups -OCH3 is 1. The Bertz CT molecular complexity index is 623. The smallest absolute Gasteiger partial charge is 0.123 e. The average molecular weight is 303 g/mol. The van der Waals surface area contributed by atoms with E-state index >= 15 is 0 Å². The number of hydrogen-bond donors (Lipinski definition) is 2. The molecule has 4 nitrogen and oxygen atoms in total. The van der Waals surface area contributed by atoms with Crippen molar-refractivity contribution in [1.82, 2.24) is 4.90 Å². The highest BCUT2D eigenvalue weighted by Crippen LogP contribution is 2.29. The van der Waals surface area contributed by atoms with Crippen molar-refractivity contribution in [3.05, 3.63) is 42.0 Å². The van der Waals surface area contributed by atoms with Crippen LogP contribution in [0.4, 0.5) is 0 Å². The normalized spacial score (nSPS) is 12.1. The van der Waals surface area contributed by atoms with Crippen LogP contribution in [-0.4, -0.2) is 49.0 Å². The topological polar surface area (TPSA) is 52.9 Å². The second kappa shape index (κ2) is 7.09. The molecule has 0 aliphatic heterocycles. The molecule has 22 heavy (non-hydrogen) atoms. The van der Waals surface area contributed by atoms with E-state index < -0.39 is 5.41 Å². The van der Waals surface area contributed by atoms with Crippen molar-refractivity contribution in [3.63, 3.8) is 0 Å². The molecule has 0 unspecified atom stereocenters. The number of ether oxygens (including phenoxy) is 1. The fourth-order valence-electron chi connectivity index (χ4n) is 2.80. The Morgan fingerprint density at radius 2 is 1.77 bits per heavy atom. The lowest BCUT2D eigenvalue weighted by atomic mass is 9.92. The highest BCUT2D eigenvalue weighted by atomic mass is 16.5. The van der Waals surface area contributed by atoms with E-state index in [0.717, 1.165) is 11.3 Å². The van der Waals surface area contributed by atoms with Crippen molar-refractivity contribution in [3.8, 4) is 5.75 Å². The maximum atomic E-state index is 9.46. The molecule has 0 saturated heterocycles. The van der Waals surface area contributed by atoms with E-state index in [9.17, 15) is 10.2 Å². The molecule has 0 aliphatic carbocycles. The number of hydrogen-bond acceptors (Lipinski definition) is 4. The monoisotopic (exact) mass is 303 g/mol. The highest BCUT2D eigenvalue weighted by molar-refractivity contribution is 5.87. The van der Waals surface area contributed by atoms with E-state index in [2.05, 4.69) is 23.1 Å². The molecular weight excluding hydrogens is 278 g/mol. The van der Waals surface area contributed by atoms with Gasteiger partial charge in [-0.05, 0) is 23.9 Å². The number of benzene rings is 2. The van der Waals surface area contributed by atoms with Crippen molar-refractivity contribution in [1.29, 1.82) is 0 Å². The van der Waals surface area contributed by atoms with Crippen molar-refractivity contribution >= 4 is 10.8 Å². The van der Waals surface area contributed by atoms with Crippen LogP contribution in [0, 0.1) is 5.41 Å². The summed E-state index contributed by atoms with van der Waals surface area (Å²) in [5.41, 5.74) is 0.619. The summed E-state index contributed by atoms with van der Waals surface area (Å²) < 4.78 is 5.51. The molecular formula is C18H25NO3. The molecule has 2 rings (SSSR count). The van der Waals surface area contributed by atoms with Gasteiger partial charge in [-0.25, -0.2) is 0 Å². The molecule has 0 aliphatic rings. The van der Waals surface area contributed by atoms with Crippen molar-refractivity contribution in [2.45, 2.75) is 13.5 Å². The lowest BCUT2D eigenvalue weighted by molar-refractivity contribution is 0.0401. The third-order valence-corrected chi connectivity index (χ3v) is 4.06. The van der Waals surface area contributed by atoms with Crippen LogP contribution >= 0.6 is 0 Å². The van der Waals surface area contributed by atoms with Crippen LogP contribution in [-0.2, 0) is 6.54 Å². The van der Waals surface area contributed by atoms with Crippen LogP contribution in [0.3, 0.4) is 0 Å². The maximum absolute atomic E-state index is 9.46. The minimum Gasteiger partial charge on any atom is -0.496 e. The van der Waals surface area contributed by atoms with Crippen LogP contribution in [0.2, 0.25) is 0 Å². The molecule has 4 heteroatoms. The second-order valence-corrected chi connectivity index (χ2v) is 6.27. The Labute approximate surface area is 131 Å². The summed E-state index contributed by atoms with van der Waals surface area (Å²) in [5.74, 6) is 0.861. The molecule has 0 amide bonds. The average Bonchev–Trinajstić information content (AvgIpc) is 2.55. The molecule has 2 aromatic carbocycles. The lowest BCUT2D eigenvalue weighted by Gasteiger charge is -2.31. The zero-order valence-electron chi connectivity index (χ0n) is 13.5. The number of aliphatic hydroxyl groups is 2. The van der Waals surface area contributed by atoms with Gasteiger partial charge >= 0.3 is 0 Å². The Kier molecular flexibility index (Phi) is 5.40. The Morgan fingerprint density at radius 3 is 2.41 bits per heavy atom. The highest BCUT2D eigenvalue weighted by Gasteiger charge is 2.25. The van der Waals surface area contributed by atoms with Gasteiger partial charge in [0.1, 0.15) is 5.75 Å². The van der Waals surface area contributed by atoms with Gasteiger partial charge in [-0.3, -0.25) is 0 Å². The van der Waals surface area contributed by atoms with Gasteiger partial charge in [0.2, 0.25) is 0 Å². The molecule has 2 N–H and O–H groups in total. The van der Waals surface area contributed by atoms with Gasteiger partial charge < -0.3 is 19.8 Å². The van der Waals surface area contributed by atoms with E-state index in [-0.39, 0.29) is 13.2 Å².